The number of imidazole rings is 1. The number of hydrogen-bond donors (Lipinski definition) is 1. The van der Waals surface area contributed by atoms with E-state index in [1.54, 1.807) is 0 Å². The number of rotatable bonds is 2. The Balaban J connectivity index is 1.83. The molecule has 1 saturated heterocycles. The van der Waals surface area contributed by atoms with Crippen LogP contribution in [0.3, 0.4) is 0 Å². The van der Waals surface area contributed by atoms with Gasteiger partial charge in [0.15, 0.2) is 0 Å². The van der Waals surface area contributed by atoms with Gasteiger partial charge in [-0.1, -0.05) is 24.6 Å². The molecule has 0 spiro atoms. The van der Waals surface area contributed by atoms with E-state index in [-0.39, 0.29) is 0 Å². The summed E-state index contributed by atoms with van der Waals surface area (Å²) in [6, 6.07) is 10.8. The van der Waals surface area contributed by atoms with Crippen molar-refractivity contribution in [3.63, 3.8) is 0 Å². The van der Waals surface area contributed by atoms with Crippen LogP contribution in [0.15, 0.2) is 42.9 Å². The Morgan fingerprint density at radius 2 is 2.06 bits per heavy atom. The fraction of sp³-hybridized carbons (Fsp3) is 0.357. The molecule has 0 aliphatic carbocycles. The van der Waals surface area contributed by atoms with E-state index in [1.807, 2.05) is 24.5 Å². The minimum Gasteiger partial charge on any atom is -0.309 e. The molecule has 0 bridgehead atoms. The molecule has 1 aromatic heterocycles. The van der Waals surface area contributed by atoms with Crippen LogP contribution in [0, 0.1) is 0 Å². The molecule has 3 rings (SSSR count). The van der Waals surface area contributed by atoms with Crippen LogP contribution in [-0.4, -0.2) is 16.1 Å². The Morgan fingerprint density at radius 3 is 2.82 bits per heavy atom. The SMILES string of the molecule is c1ccc(-n2cnc([C@@H]3CCCCN3)c2)cc1. The molecular formula is C14H17N3. The Hall–Kier alpha value is -1.61. The van der Waals surface area contributed by atoms with Crippen molar-refractivity contribution in [2.75, 3.05) is 6.54 Å². The van der Waals surface area contributed by atoms with Crippen LogP contribution in [0.1, 0.15) is 31.0 Å². The Labute approximate surface area is 101 Å². The summed E-state index contributed by atoms with van der Waals surface area (Å²) in [7, 11) is 0. The number of piperidine rings is 1. The molecule has 1 atom stereocenters. The standard InChI is InChI=1S/C14H17N3/c1-2-6-12(7-3-1)17-10-14(16-11-17)13-8-4-5-9-15-13/h1-3,6-7,10-11,13,15H,4-5,8-9H2/t13-/m0/s1. The number of nitrogens with zero attached hydrogens (tertiary/aromatic N) is 2. The third kappa shape index (κ3) is 2.24. The first-order chi connectivity index (χ1) is 8.43. The zero-order valence-electron chi connectivity index (χ0n) is 9.84. The normalized spacial score (nSPS) is 20.4. The molecule has 2 aromatic rings. The smallest absolute Gasteiger partial charge is 0.0995 e. The highest BCUT2D eigenvalue weighted by molar-refractivity contribution is 5.31. The van der Waals surface area contributed by atoms with E-state index in [9.17, 15) is 0 Å². The van der Waals surface area contributed by atoms with Crippen LogP contribution >= 0.6 is 0 Å². The first kappa shape index (κ1) is 10.5. The molecule has 2 heterocycles. The molecule has 0 amide bonds. The van der Waals surface area contributed by atoms with Gasteiger partial charge < -0.3 is 9.88 Å². The Bertz CT molecular complexity index is 469. The first-order valence-corrected chi connectivity index (χ1v) is 6.26. The van der Waals surface area contributed by atoms with E-state index in [4.69, 9.17) is 0 Å². The largest absolute Gasteiger partial charge is 0.309 e. The van der Waals surface area contributed by atoms with E-state index in [1.165, 1.54) is 24.9 Å². The molecule has 1 aliphatic heterocycles. The topological polar surface area (TPSA) is 29.9 Å². The van der Waals surface area contributed by atoms with Crippen molar-refractivity contribution in [1.82, 2.24) is 14.9 Å². The first-order valence-electron chi connectivity index (χ1n) is 6.26. The quantitative estimate of drug-likeness (QED) is 0.854. The van der Waals surface area contributed by atoms with Crippen LogP contribution < -0.4 is 5.32 Å². The van der Waals surface area contributed by atoms with Crippen molar-refractivity contribution in [3.05, 3.63) is 48.5 Å². The van der Waals surface area contributed by atoms with Crippen molar-refractivity contribution < 1.29 is 0 Å². The van der Waals surface area contributed by atoms with Crippen LogP contribution in [0.5, 0.6) is 0 Å². The Morgan fingerprint density at radius 1 is 1.18 bits per heavy atom. The summed E-state index contributed by atoms with van der Waals surface area (Å²) >= 11 is 0. The van der Waals surface area contributed by atoms with Crippen LogP contribution in [-0.2, 0) is 0 Å². The molecule has 1 fully saturated rings. The minimum absolute atomic E-state index is 0.439. The molecule has 1 N–H and O–H groups in total. The lowest BCUT2D eigenvalue weighted by Crippen LogP contribution is -2.26. The highest BCUT2D eigenvalue weighted by Gasteiger charge is 2.16. The maximum absolute atomic E-state index is 4.52. The zero-order chi connectivity index (χ0) is 11.5. The molecule has 1 aromatic carbocycles. The number of benzene rings is 1. The van der Waals surface area contributed by atoms with Crippen molar-refractivity contribution in [1.29, 1.82) is 0 Å². The summed E-state index contributed by atoms with van der Waals surface area (Å²) in [4.78, 5) is 4.52. The van der Waals surface area contributed by atoms with Crippen molar-refractivity contribution in [2.45, 2.75) is 25.3 Å². The number of aromatic nitrogens is 2. The Kier molecular flexibility index (Phi) is 2.92. The summed E-state index contributed by atoms with van der Waals surface area (Å²) in [6.45, 7) is 1.11. The molecule has 0 saturated carbocycles. The van der Waals surface area contributed by atoms with Gasteiger partial charge in [-0.15, -0.1) is 0 Å². The maximum atomic E-state index is 4.52. The predicted octanol–water partition coefficient (Wildman–Crippen LogP) is 2.69. The molecule has 17 heavy (non-hydrogen) atoms. The monoisotopic (exact) mass is 227 g/mol. The van der Waals surface area contributed by atoms with E-state index in [2.05, 4.69) is 33.2 Å². The van der Waals surface area contributed by atoms with Gasteiger partial charge in [-0.05, 0) is 31.5 Å². The minimum atomic E-state index is 0.439. The lowest BCUT2D eigenvalue weighted by molar-refractivity contribution is 0.406. The fourth-order valence-corrected chi connectivity index (χ4v) is 2.36. The second kappa shape index (κ2) is 4.72. The van der Waals surface area contributed by atoms with Gasteiger partial charge in [0.1, 0.15) is 0 Å². The van der Waals surface area contributed by atoms with Gasteiger partial charge in [-0.25, -0.2) is 4.98 Å². The van der Waals surface area contributed by atoms with Crippen molar-refractivity contribution in [2.24, 2.45) is 0 Å². The van der Waals surface area contributed by atoms with Crippen molar-refractivity contribution >= 4 is 0 Å². The van der Waals surface area contributed by atoms with Crippen molar-refractivity contribution in [3.8, 4) is 5.69 Å². The zero-order valence-corrected chi connectivity index (χ0v) is 9.84. The van der Waals surface area contributed by atoms with Gasteiger partial charge >= 0.3 is 0 Å². The molecule has 3 heteroatoms. The van der Waals surface area contributed by atoms with Crippen LogP contribution in [0.25, 0.3) is 5.69 Å². The lowest BCUT2D eigenvalue weighted by Gasteiger charge is -2.21. The van der Waals surface area contributed by atoms with Gasteiger partial charge in [-0.2, -0.15) is 0 Å². The maximum Gasteiger partial charge on any atom is 0.0995 e. The summed E-state index contributed by atoms with van der Waals surface area (Å²) in [5.41, 5.74) is 2.33. The third-order valence-electron chi connectivity index (χ3n) is 3.32. The van der Waals surface area contributed by atoms with Gasteiger partial charge in [-0.3, -0.25) is 0 Å². The van der Waals surface area contributed by atoms with Crippen LogP contribution in [0.2, 0.25) is 0 Å². The fourth-order valence-electron chi connectivity index (χ4n) is 2.36. The van der Waals surface area contributed by atoms with Gasteiger partial charge in [0.25, 0.3) is 0 Å². The summed E-state index contributed by atoms with van der Waals surface area (Å²) in [5, 5.41) is 3.52. The summed E-state index contributed by atoms with van der Waals surface area (Å²) in [6.07, 6.45) is 7.83. The summed E-state index contributed by atoms with van der Waals surface area (Å²) < 4.78 is 2.09. The third-order valence-corrected chi connectivity index (χ3v) is 3.32. The molecule has 1 aliphatic rings. The number of hydrogen-bond acceptors (Lipinski definition) is 2. The molecule has 88 valence electrons. The highest BCUT2D eigenvalue weighted by atomic mass is 15.1. The van der Waals surface area contributed by atoms with Crippen LogP contribution in [0.4, 0.5) is 0 Å². The van der Waals surface area contributed by atoms with Gasteiger partial charge in [0.05, 0.1) is 18.1 Å². The number of para-hydroxylation sites is 1. The molecular weight excluding hydrogens is 210 g/mol. The molecule has 0 unspecified atom stereocenters. The van der Waals surface area contributed by atoms with E-state index >= 15 is 0 Å². The average Bonchev–Trinajstić information content (AvgIpc) is 2.90. The van der Waals surface area contributed by atoms with E-state index in [0.717, 1.165) is 12.2 Å². The predicted molar refractivity (Wildman–Crippen MR) is 68.2 cm³/mol. The van der Waals surface area contributed by atoms with E-state index in [0.29, 0.717) is 6.04 Å². The highest BCUT2D eigenvalue weighted by Crippen LogP contribution is 2.22. The number of nitrogens with one attached hydrogen (secondary N) is 1. The molecule has 3 nitrogen and oxygen atoms in total. The lowest BCUT2D eigenvalue weighted by atomic mass is 10.0. The average molecular weight is 227 g/mol. The molecule has 0 radical (unpaired) electrons. The second-order valence-corrected chi connectivity index (χ2v) is 4.54. The second-order valence-electron chi connectivity index (χ2n) is 4.54. The van der Waals surface area contributed by atoms with Gasteiger partial charge in [0, 0.05) is 11.9 Å². The van der Waals surface area contributed by atoms with Gasteiger partial charge in [0.2, 0.25) is 0 Å². The summed E-state index contributed by atoms with van der Waals surface area (Å²) in [5.74, 6) is 0. The van der Waals surface area contributed by atoms with E-state index < -0.39 is 0 Å².